The van der Waals surface area contributed by atoms with Crippen molar-refractivity contribution >= 4 is 90.9 Å². The van der Waals surface area contributed by atoms with Crippen LogP contribution >= 0.6 is 47.8 Å². The zero-order chi connectivity index (χ0) is 26.2. The van der Waals surface area contributed by atoms with E-state index in [9.17, 15) is 0 Å². The minimum atomic E-state index is 0.707. The van der Waals surface area contributed by atoms with Gasteiger partial charge in [0, 0.05) is 29.6 Å². The summed E-state index contributed by atoms with van der Waals surface area (Å²) in [6.07, 6.45) is 0. The first-order valence-corrected chi connectivity index (χ1v) is 14.9. The average Bonchev–Trinajstić information content (AvgIpc) is 2.98. The molecule has 0 radical (unpaired) electrons. The van der Waals surface area contributed by atoms with E-state index in [1.807, 2.05) is 18.2 Å². The lowest BCUT2D eigenvalue weighted by atomic mass is 9.94. The van der Waals surface area contributed by atoms with Crippen molar-refractivity contribution < 1.29 is 9.47 Å². The van der Waals surface area contributed by atoms with Crippen molar-refractivity contribution in [3.8, 4) is 34.1 Å². The first-order chi connectivity index (χ1) is 19.1. The Morgan fingerprint density at radius 3 is 1.79 bits per heavy atom. The molecule has 1 aliphatic rings. The van der Waals surface area contributed by atoms with Gasteiger partial charge in [0.15, 0.2) is 23.0 Å². The van der Waals surface area contributed by atoms with Gasteiger partial charge in [0.1, 0.15) is 0 Å². The Kier molecular flexibility index (Phi) is 5.31. The Balaban J connectivity index is 1.37. The zero-order valence-electron chi connectivity index (χ0n) is 20.3. The maximum Gasteiger partial charge on any atom is 0.178 e. The average molecular weight is 697 g/mol. The number of benzene rings is 7. The summed E-state index contributed by atoms with van der Waals surface area (Å²) in [6, 6.07) is 36.0. The Morgan fingerprint density at radius 2 is 1.00 bits per heavy atom. The van der Waals surface area contributed by atoms with Crippen LogP contribution in [0.5, 0.6) is 23.0 Å². The monoisotopic (exact) mass is 694 g/mol. The highest BCUT2D eigenvalue weighted by atomic mass is 79.9. The second kappa shape index (κ2) is 8.82. The summed E-state index contributed by atoms with van der Waals surface area (Å²) in [5.41, 5.74) is 2.30. The normalized spacial score (nSPS) is 12.4. The van der Waals surface area contributed by atoms with Crippen molar-refractivity contribution in [1.29, 1.82) is 0 Å². The second-order valence-electron chi connectivity index (χ2n) is 9.70. The topological polar surface area (TPSA) is 18.5 Å². The highest BCUT2D eigenvalue weighted by molar-refractivity contribution is 9.13. The van der Waals surface area contributed by atoms with Gasteiger partial charge < -0.3 is 9.47 Å². The van der Waals surface area contributed by atoms with E-state index in [0.717, 1.165) is 74.1 Å². The molecule has 7 aromatic carbocycles. The zero-order valence-corrected chi connectivity index (χ0v) is 25.0. The molecule has 0 fully saturated rings. The van der Waals surface area contributed by atoms with Crippen molar-refractivity contribution in [3.63, 3.8) is 0 Å². The summed E-state index contributed by atoms with van der Waals surface area (Å²) in [5, 5.41) is 8.77. The minimum absolute atomic E-state index is 0.707. The van der Waals surface area contributed by atoms with Crippen molar-refractivity contribution in [2.45, 2.75) is 0 Å². The summed E-state index contributed by atoms with van der Waals surface area (Å²) in [4.78, 5) is 0. The van der Waals surface area contributed by atoms with Crippen LogP contribution < -0.4 is 9.47 Å². The predicted molar refractivity (Wildman–Crippen MR) is 172 cm³/mol. The molecule has 7 aromatic rings. The molecule has 186 valence electrons. The van der Waals surface area contributed by atoms with Crippen molar-refractivity contribution in [1.82, 2.24) is 0 Å². The molecule has 8 rings (SSSR count). The minimum Gasteiger partial charge on any atom is -0.449 e. The number of ether oxygens (including phenoxy) is 2. The van der Waals surface area contributed by atoms with Crippen molar-refractivity contribution in [2.75, 3.05) is 0 Å². The van der Waals surface area contributed by atoms with Crippen LogP contribution in [-0.2, 0) is 0 Å². The molecule has 0 saturated carbocycles. The fourth-order valence-corrected chi connectivity index (χ4v) is 6.99. The molecular weight excluding hydrogens is 680 g/mol. The van der Waals surface area contributed by atoms with E-state index >= 15 is 0 Å². The standard InChI is InChI=1S/C34H17Br3O2/c35-28-14-12-18-9-10-19(15-26(18)31(28)37)20-11-13-25-27(16-20)21-5-1-3-7-23(21)34-33(25)38-30-17-29(36)22-6-2-4-8-24(22)32(30)39-34/h1-17H. The van der Waals surface area contributed by atoms with Crippen LogP contribution in [0.4, 0.5) is 0 Å². The van der Waals surface area contributed by atoms with Gasteiger partial charge in [-0.15, -0.1) is 0 Å². The fourth-order valence-electron chi connectivity index (χ4n) is 5.62. The van der Waals surface area contributed by atoms with Gasteiger partial charge in [0.2, 0.25) is 0 Å². The van der Waals surface area contributed by atoms with Gasteiger partial charge in [-0.3, -0.25) is 0 Å². The number of hydrogen-bond donors (Lipinski definition) is 0. The maximum absolute atomic E-state index is 6.70. The third-order valence-corrected chi connectivity index (χ3v) is 10.2. The summed E-state index contributed by atoms with van der Waals surface area (Å²) in [7, 11) is 0. The molecule has 0 atom stereocenters. The van der Waals surface area contributed by atoms with Crippen LogP contribution in [0.15, 0.2) is 117 Å². The van der Waals surface area contributed by atoms with E-state index in [0.29, 0.717) is 5.75 Å². The Bertz CT molecular complexity index is 2170. The molecule has 1 heterocycles. The van der Waals surface area contributed by atoms with E-state index in [1.165, 1.54) is 10.8 Å². The highest BCUT2D eigenvalue weighted by Crippen LogP contribution is 2.55. The summed E-state index contributed by atoms with van der Waals surface area (Å²) < 4.78 is 16.4. The summed E-state index contributed by atoms with van der Waals surface area (Å²) in [5.74, 6) is 2.95. The molecule has 0 spiro atoms. The van der Waals surface area contributed by atoms with Crippen molar-refractivity contribution in [3.05, 3.63) is 117 Å². The van der Waals surface area contributed by atoms with Gasteiger partial charge in [-0.25, -0.2) is 0 Å². The Labute approximate surface area is 249 Å². The third-order valence-electron chi connectivity index (χ3n) is 7.50. The number of rotatable bonds is 1. The molecule has 0 aliphatic carbocycles. The van der Waals surface area contributed by atoms with Gasteiger partial charge in [0.05, 0.1) is 0 Å². The van der Waals surface area contributed by atoms with Gasteiger partial charge in [-0.1, -0.05) is 88.7 Å². The van der Waals surface area contributed by atoms with Gasteiger partial charge in [-0.05, 0) is 100 Å². The SMILES string of the molecule is Brc1ccc2ccc(-c3ccc4c5c(c6ccccc6c4c3)Oc3c(cc(Br)c4ccccc34)O5)cc2c1Br. The van der Waals surface area contributed by atoms with Crippen LogP contribution in [0.2, 0.25) is 0 Å². The number of halogens is 3. The highest BCUT2D eigenvalue weighted by Gasteiger charge is 2.27. The van der Waals surface area contributed by atoms with E-state index in [4.69, 9.17) is 9.47 Å². The first kappa shape index (κ1) is 23.5. The third kappa shape index (κ3) is 3.57. The molecule has 0 bridgehead atoms. The molecule has 0 unspecified atom stereocenters. The number of hydrogen-bond acceptors (Lipinski definition) is 2. The Hall–Kier alpha value is -3.38. The molecule has 0 N–H and O–H groups in total. The molecule has 5 heteroatoms. The summed E-state index contributed by atoms with van der Waals surface area (Å²) in [6.45, 7) is 0. The maximum atomic E-state index is 6.70. The smallest absolute Gasteiger partial charge is 0.178 e. The predicted octanol–water partition coefficient (Wildman–Crippen LogP) is 12.2. The molecule has 0 amide bonds. The summed E-state index contributed by atoms with van der Waals surface area (Å²) >= 11 is 11.1. The lowest BCUT2D eigenvalue weighted by molar-refractivity contribution is 0.370. The van der Waals surface area contributed by atoms with Gasteiger partial charge in [0.25, 0.3) is 0 Å². The van der Waals surface area contributed by atoms with E-state index in [-0.39, 0.29) is 0 Å². The van der Waals surface area contributed by atoms with Gasteiger partial charge in [-0.2, -0.15) is 0 Å². The molecule has 2 nitrogen and oxygen atoms in total. The van der Waals surface area contributed by atoms with Crippen molar-refractivity contribution in [2.24, 2.45) is 0 Å². The lowest BCUT2D eigenvalue weighted by Gasteiger charge is -2.25. The fraction of sp³-hybridized carbons (Fsp3) is 0. The van der Waals surface area contributed by atoms with Gasteiger partial charge >= 0.3 is 0 Å². The molecular formula is C34H17Br3O2. The van der Waals surface area contributed by atoms with E-state index in [2.05, 4.69) is 133 Å². The quantitative estimate of drug-likeness (QED) is 0.159. The largest absolute Gasteiger partial charge is 0.449 e. The first-order valence-electron chi connectivity index (χ1n) is 12.5. The lowest BCUT2D eigenvalue weighted by Crippen LogP contribution is -2.02. The number of fused-ring (bicyclic) bond motifs is 10. The van der Waals surface area contributed by atoms with Crippen LogP contribution in [0, 0.1) is 0 Å². The molecule has 1 aliphatic heterocycles. The van der Waals surface area contributed by atoms with E-state index in [1.54, 1.807) is 0 Å². The molecule has 0 aromatic heterocycles. The van der Waals surface area contributed by atoms with Crippen LogP contribution in [-0.4, -0.2) is 0 Å². The van der Waals surface area contributed by atoms with E-state index < -0.39 is 0 Å². The Morgan fingerprint density at radius 1 is 0.410 bits per heavy atom. The van der Waals surface area contributed by atoms with Crippen LogP contribution in [0.3, 0.4) is 0 Å². The molecule has 0 saturated heterocycles. The molecule has 39 heavy (non-hydrogen) atoms. The second-order valence-corrected chi connectivity index (χ2v) is 12.2. The van der Waals surface area contributed by atoms with Crippen LogP contribution in [0.1, 0.15) is 0 Å². The van der Waals surface area contributed by atoms with Crippen LogP contribution in [0.25, 0.3) is 54.2 Å².